The van der Waals surface area contributed by atoms with Crippen molar-refractivity contribution in [2.75, 3.05) is 31.6 Å². The second-order valence-electron chi connectivity index (χ2n) is 5.86. The van der Waals surface area contributed by atoms with E-state index in [9.17, 15) is 9.59 Å². The van der Waals surface area contributed by atoms with Crippen molar-refractivity contribution in [3.05, 3.63) is 0 Å². The number of likely N-dealkylation sites (tertiary alicyclic amines) is 1. The summed E-state index contributed by atoms with van der Waals surface area (Å²) in [7, 11) is 0. The molecule has 21 heavy (non-hydrogen) atoms. The third kappa shape index (κ3) is 7.07. The van der Waals surface area contributed by atoms with Crippen LogP contribution in [0.4, 0.5) is 4.79 Å². The molecule has 0 aromatic rings. The second-order valence-corrected chi connectivity index (χ2v) is 6.84. The number of unbranched alkanes of at least 4 members (excludes halogenated alkanes) is 1. The van der Waals surface area contributed by atoms with Crippen molar-refractivity contribution in [1.82, 2.24) is 10.2 Å². The minimum absolute atomic E-state index is 0.00590. The maximum Gasteiger partial charge on any atom is 0.317 e. The highest BCUT2D eigenvalue weighted by Crippen LogP contribution is 2.26. The summed E-state index contributed by atoms with van der Waals surface area (Å²) in [6.45, 7) is 4.17. The zero-order valence-corrected chi connectivity index (χ0v) is 14.0. The molecule has 0 aromatic carbocycles. The van der Waals surface area contributed by atoms with Gasteiger partial charge in [-0.2, -0.15) is 11.8 Å². The number of carbonyl (C=O) groups excluding carboxylic acids is 1. The van der Waals surface area contributed by atoms with E-state index in [2.05, 4.69) is 11.6 Å². The SMILES string of the molecule is CSCCCCNC(=O)N1CCCC(C(C)CC(=O)O)C1. The molecule has 0 aromatic heterocycles. The van der Waals surface area contributed by atoms with E-state index >= 15 is 0 Å². The summed E-state index contributed by atoms with van der Waals surface area (Å²) in [6.07, 6.45) is 6.40. The first-order chi connectivity index (χ1) is 10.0. The van der Waals surface area contributed by atoms with Crippen LogP contribution in [0.25, 0.3) is 0 Å². The summed E-state index contributed by atoms with van der Waals surface area (Å²) >= 11 is 1.83. The number of hydrogen-bond acceptors (Lipinski definition) is 3. The molecule has 1 aliphatic rings. The van der Waals surface area contributed by atoms with Crippen LogP contribution in [0.2, 0.25) is 0 Å². The van der Waals surface area contributed by atoms with Crippen molar-refractivity contribution in [3.63, 3.8) is 0 Å². The Morgan fingerprint density at radius 3 is 2.86 bits per heavy atom. The molecule has 0 bridgehead atoms. The normalized spacial score (nSPS) is 20.1. The van der Waals surface area contributed by atoms with Gasteiger partial charge < -0.3 is 15.3 Å². The Balaban J connectivity index is 2.30. The van der Waals surface area contributed by atoms with Gasteiger partial charge in [-0.25, -0.2) is 4.79 Å². The lowest BCUT2D eigenvalue weighted by Crippen LogP contribution is -2.47. The fraction of sp³-hybridized carbons (Fsp3) is 0.867. The number of nitrogens with one attached hydrogen (secondary N) is 1. The quantitative estimate of drug-likeness (QED) is 0.676. The molecule has 1 saturated heterocycles. The summed E-state index contributed by atoms with van der Waals surface area (Å²) in [5.74, 6) is 0.809. The molecular formula is C15H28N2O3S. The molecule has 0 aliphatic carbocycles. The van der Waals surface area contributed by atoms with Gasteiger partial charge in [0, 0.05) is 26.1 Å². The predicted octanol–water partition coefficient (Wildman–Crippen LogP) is 2.66. The van der Waals surface area contributed by atoms with Crippen LogP contribution in [0.5, 0.6) is 0 Å². The van der Waals surface area contributed by atoms with Gasteiger partial charge in [-0.05, 0) is 49.5 Å². The minimum atomic E-state index is -0.752. The predicted molar refractivity (Wildman–Crippen MR) is 86.7 cm³/mol. The topological polar surface area (TPSA) is 69.6 Å². The van der Waals surface area contributed by atoms with Crippen molar-refractivity contribution in [1.29, 1.82) is 0 Å². The molecule has 1 rings (SSSR count). The molecule has 2 atom stereocenters. The molecule has 0 radical (unpaired) electrons. The molecule has 5 nitrogen and oxygen atoms in total. The lowest BCUT2D eigenvalue weighted by Gasteiger charge is -2.35. The first-order valence-electron chi connectivity index (χ1n) is 7.78. The Kier molecular flexibility index (Phi) is 8.57. The van der Waals surface area contributed by atoms with Gasteiger partial charge in [-0.1, -0.05) is 6.92 Å². The van der Waals surface area contributed by atoms with E-state index in [1.54, 1.807) is 0 Å². The van der Waals surface area contributed by atoms with Crippen molar-refractivity contribution >= 4 is 23.8 Å². The molecular weight excluding hydrogens is 288 g/mol. The van der Waals surface area contributed by atoms with E-state index in [4.69, 9.17) is 5.11 Å². The molecule has 0 saturated carbocycles. The van der Waals surface area contributed by atoms with Crippen LogP contribution < -0.4 is 5.32 Å². The highest BCUT2D eigenvalue weighted by Gasteiger charge is 2.28. The average Bonchev–Trinajstić information content (AvgIpc) is 2.46. The van der Waals surface area contributed by atoms with Gasteiger partial charge in [0.15, 0.2) is 0 Å². The third-order valence-corrected chi connectivity index (χ3v) is 4.79. The lowest BCUT2D eigenvalue weighted by molar-refractivity contribution is -0.138. The molecule has 2 unspecified atom stereocenters. The Labute approximate surface area is 131 Å². The summed E-state index contributed by atoms with van der Waals surface area (Å²) in [5.41, 5.74) is 0. The van der Waals surface area contributed by atoms with Crippen LogP contribution in [-0.4, -0.2) is 53.6 Å². The van der Waals surface area contributed by atoms with E-state index < -0.39 is 5.97 Å². The van der Waals surface area contributed by atoms with Crippen LogP contribution in [0.1, 0.15) is 39.0 Å². The lowest BCUT2D eigenvalue weighted by atomic mass is 9.85. The summed E-state index contributed by atoms with van der Waals surface area (Å²) in [5, 5.41) is 11.9. The van der Waals surface area contributed by atoms with Crippen molar-refractivity contribution in [2.45, 2.75) is 39.0 Å². The second kappa shape index (κ2) is 9.92. The summed E-state index contributed by atoms with van der Waals surface area (Å²) in [6, 6.07) is 0.00590. The number of urea groups is 1. The molecule has 2 amide bonds. The number of rotatable bonds is 8. The van der Waals surface area contributed by atoms with E-state index in [1.807, 2.05) is 23.6 Å². The van der Waals surface area contributed by atoms with E-state index in [0.29, 0.717) is 12.5 Å². The van der Waals surface area contributed by atoms with E-state index in [1.165, 1.54) is 0 Å². The zero-order chi connectivity index (χ0) is 15.7. The van der Waals surface area contributed by atoms with Gasteiger partial charge in [0.1, 0.15) is 0 Å². The van der Waals surface area contributed by atoms with Crippen LogP contribution >= 0.6 is 11.8 Å². The number of nitrogens with zero attached hydrogens (tertiary/aromatic N) is 1. The average molecular weight is 316 g/mol. The number of carboxylic acid groups (broad SMARTS) is 1. The summed E-state index contributed by atoms with van der Waals surface area (Å²) in [4.78, 5) is 24.8. The molecule has 1 heterocycles. The van der Waals surface area contributed by atoms with Gasteiger partial charge in [0.05, 0.1) is 0 Å². The van der Waals surface area contributed by atoms with Crippen LogP contribution in [-0.2, 0) is 4.79 Å². The van der Waals surface area contributed by atoms with Crippen LogP contribution in [0, 0.1) is 11.8 Å². The van der Waals surface area contributed by atoms with Crippen molar-refractivity contribution in [3.8, 4) is 0 Å². The first kappa shape index (κ1) is 18.1. The Morgan fingerprint density at radius 1 is 1.43 bits per heavy atom. The third-order valence-electron chi connectivity index (χ3n) is 4.10. The Morgan fingerprint density at radius 2 is 2.19 bits per heavy atom. The molecule has 1 fully saturated rings. The van der Waals surface area contributed by atoms with Gasteiger partial charge in [-0.3, -0.25) is 4.79 Å². The maximum atomic E-state index is 12.1. The number of thioether (sulfide) groups is 1. The monoisotopic (exact) mass is 316 g/mol. The maximum absolute atomic E-state index is 12.1. The van der Waals surface area contributed by atoms with Gasteiger partial charge >= 0.3 is 12.0 Å². The number of piperidine rings is 1. The molecule has 1 aliphatic heterocycles. The van der Waals surface area contributed by atoms with Gasteiger partial charge in [0.2, 0.25) is 0 Å². The number of aliphatic carboxylic acids is 1. The zero-order valence-electron chi connectivity index (χ0n) is 13.1. The van der Waals surface area contributed by atoms with Gasteiger partial charge in [-0.15, -0.1) is 0 Å². The van der Waals surface area contributed by atoms with Crippen molar-refractivity contribution in [2.24, 2.45) is 11.8 Å². The molecule has 0 spiro atoms. The number of carboxylic acids is 1. The fourth-order valence-corrected chi connectivity index (χ4v) is 3.27. The van der Waals surface area contributed by atoms with Crippen molar-refractivity contribution < 1.29 is 14.7 Å². The smallest absolute Gasteiger partial charge is 0.317 e. The van der Waals surface area contributed by atoms with Crippen LogP contribution in [0.15, 0.2) is 0 Å². The number of hydrogen-bond donors (Lipinski definition) is 2. The molecule has 6 heteroatoms. The fourth-order valence-electron chi connectivity index (χ4n) is 2.78. The Hall–Kier alpha value is -0.910. The highest BCUT2D eigenvalue weighted by molar-refractivity contribution is 7.98. The summed E-state index contributed by atoms with van der Waals surface area (Å²) < 4.78 is 0. The molecule has 122 valence electrons. The highest BCUT2D eigenvalue weighted by atomic mass is 32.2. The number of carbonyl (C=O) groups is 2. The Bertz CT molecular complexity index is 339. The largest absolute Gasteiger partial charge is 0.481 e. The van der Waals surface area contributed by atoms with Crippen LogP contribution in [0.3, 0.4) is 0 Å². The molecule has 2 N–H and O–H groups in total. The van der Waals surface area contributed by atoms with E-state index in [-0.39, 0.29) is 18.4 Å². The first-order valence-corrected chi connectivity index (χ1v) is 9.17. The van der Waals surface area contributed by atoms with E-state index in [0.717, 1.165) is 44.5 Å². The standard InChI is InChI=1S/C15H28N2O3S/c1-12(10-14(18)19)13-6-5-8-17(11-13)15(20)16-7-3-4-9-21-2/h12-13H,3-11H2,1-2H3,(H,16,20)(H,18,19). The van der Waals surface area contributed by atoms with Gasteiger partial charge in [0.25, 0.3) is 0 Å². The number of amides is 2. The minimum Gasteiger partial charge on any atom is -0.481 e.